The first-order valence-electron chi connectivity index (χ1n) is 7.89. The first-order valence-corrected chi connectivity index (χ1v) is 7.89. The van der Waals surface area contributed by atoms with Gasteiger partial charge in [-0.25, -0.2) is 0 Å². The third kappa shape index (κ3) is 2.54. The zero-order valence-electron chi connectivity index (χ0n) is 13.6. The first kappa shape index (κ1) is 14.5. The summed E-state index contributed by atoms with van der Waals surface area (Å²) in [7, 11) is 0. The Morgan fingerprint density at radius 2 is 1.88 bits per heavy atom. The Bertz CT molecular complexity index is 971. The summed E-state index contributed by atoms with van der Waals surface area (Å²) in [6, 6.07) is 14.2. The van der Waals surface area contributed by atoms with Crippen molar-refractivity contribution >= 4 is 16.7 Å². The lowest BCUT2D eigenvalue weighted by Crippen LogP contribution is -2.13. The van der Waals surface area contributed by atoms with Gasteiger partial charge in [-0.05, 0) is 37.6 Å². The Hall–Kier alpha value is -3.08. The van der Waals surface area contributed by atoms with Gasteiger partial charge in [0.05, 0.1) is 6.04 Å². The molecule has 3 aromatic heterocycles. The van der Waals surface area contributed by atoms with Crippen LogP contribution in [0.4, 0.5) is 5.82 Å². The van der Waals surface area contributed by atoms with Crippen LogP contribution in [-0.4, -0.2) is 15.1 Å². The molecule has 0 fully saturated rings. The molecule has 4 aromatic rings. The summed E-state index contributed by atoms with van der Waals surface area (Å²) in [5.74, 6) is 1.50. The molecule has 1 aromatic carbocycles. The highest BCUT2D eigenvalue weighted by atomic mass is 16.5. The summed E-state index contributed by atoms with van der Waals surface area (Å²) in [6.07, 6.45) is 3.62. The third-order valence-electron chi connectivity index (χ3n) is 4.19. The summed E-state index contributed by atoms with van der Waals surface area (Å²) in [4.78, 5) is 7.60. The van der Waals surface area contributed by atoms with Crippen LogP contribution in [0.5, 0.6) is 0 Å². The zero-order valence-corrected chi connectivity index (χ0v) is 13.6. The molecule has 0 saturated carbocycles. The van der Waals surface area contributed by atoms with Gasteiger partial charge in [0, 0.05) is 40.6 Å². The predicted molar refractivity (Wildman–Crippen MR) is 94.0 cm³/mol. The molecule has 120 valence electrons. The van der Waals surface area contributed by atoms with Crippen LogP contribution in [-0.2, 0) is 0 Å². The van der Waals surface area contributed by atoms with Gasteiger partial charge in [0.25, 0.3) is 0 Å². The van der Waals surface area contributed by atoms with E-state index in [4.69, 9.17) is 4.52 Å². The van der Waals surface area contributed by atoms with Crippen molar-refractivity contribution in [1.29, 1.82) is 0 Å². The molecule has 5 nitrogen and oxygen atoms in total. The molecule has 0 radical (unpaired) electrons. The SMILES string of the molecule is Cc1cc(N[C@H](c2ccncc2)c2c(C)[nH]c3ccccc23)no1. The Morgan fingerprint density at radius 1 is 1.08 bits per heavy atom. The number of hydrogen-bond donors (Lipinski definition) is 2. The second-order valence-electron chi connectivity index (χ2n) is 5.89. The van der Waals surface area contributed by atoms with Gasteiger partial charge in [0.2, 0.25) is 0 Å². The van der Waals surface area contributed by atoms with E-state index in [9.17, 15) is 0 Å². The van der Waals surface area contributed by atoms with E-state index in [1.807, 2.05) is 43.6 Å². The number of rotatable bonds is 4. The molecular formula is C19H18N4O. The molecule has 24 heavy (non-hydrogen) atoms. The summed E-state index contributed by atoms with van der Waals surface area (Å²) in [5, 5.41) is 8.79. The van der Waals surface area contributed by atoms with Crippen molar-refractivity contribution in [2.45, 2.75) is 19.9 Å². The van der Waals surface area contributed by atoms with Crippen LogP contribution in [0.25, 0.3) is 10.9 Å². The van der Waals surface area contributed by atoms with Gasteiger partial charge in [0.15, 0.2) is 5.82 Å². The van der Waals surface area contributed by atoms with Crippen molar-refractivity contribution in [2.24, 2.45) is 0 Å². The number of aromatic nitrogens is 3. The molecule has 3 heterocycles. The minimum Gasteiger partial charge on any atom is -0.360 e. The van der Waals surface area contributed by atoms with E-state index in [1.165, 1.54) is 10.9 Å². The summed E-state index contributed by atoms with van der Waals surface area (Å²) >= 11 is 0. The quantitative estimate of drug-likeness (QED) is 0.586. The minimum atomic E-state index is -0.0475. The second kappa shape index (κ2) is 5.85. The lowest BCUT2D eigenvalue weighted by atomic mass is 9.96. The fourth-order valence-electron chi connectivity index (χ4n) is 3.13. The largest absolute Gasteiger partial charge is 0.360 e. The maximum atomic E-state index is 5.20. The maximum absolute atomic E-state index is 5.20. The first-order chi connectivity index (χ1) is 11.7. The molecule has 4 rings (SSSR count). The molecule has 0 saturated heterocycles. The van der Waals surface area contributed by atoms with Crippen molar-refractivity contribution in [3.63, 3.8) is 0 Å². The number of nitrogens with one attached hydrogen (secondary N) is 2. The number of pyridine rings is 1. The van der Waals surface area contributed by atoms with Gasteiger partial charge in [-0.2, -0.15) is 0 Å². The highest BCUT2D eigenvalue weighted by Gasteiger charge is 2.21. The van der Waals surface area contributed by atoms with Gasteiger partial charge in [-0.3, -0.25) is 4.98 Å². The van der Waals surface area contributed by atoms with Crippen LogP contribution in [0.1, 0.15) is 28.6 Å². The lowest BCUT2D eigenvalue weighted by Gasteiger charge is -2.19. The molecule has 2 N–H and O–H groups in total. The number of anilines is 1. The van der Waals surface area contributed by atoms with Crippen LogP contribution in [0.15, 0.2) is 59.4 Å². The molecule has 1 atom stereocenters. The molecule has 0 amide bonds. The van der Waals surface area contributed by atoms with Crippen molar-refractivity contribution < 1.29 is 4.52 Å². The third-order valence-corrected chi connectivity index (χ3v) is 4.19. The van der Waals surface area contributed by atoms with E-state index in [1.54, 1.807) is 0 Å². The van der Waals surface area contributed by atoms with Gasteiger partial charge in [-0.15, -0.1) is 0 Å². The normalized spacial score (nSPS) is 12.4. The van der Waals surface area contributed by atoms with E-state index in [0.717, 1.165) is 28.4 Å². The summed E-state index contributed by atoms with van der Waals surface area (Å²) in [5.41, 5.74) is 4.59. The summed E-state index contributed by atoms with van der Waals surface area (Å²) in [6.45, 7) is 3.98. The van der Waals surface area contributed by atoms with Gasteiger partial charge in [0.1, 0.15) is 5.76 Å². The van der Waals surface area contributed by atoms with E-state index in [2.05, 4.69) is 45.6 Å². The number of nitrogens with zero attached hydrogens (tertiary/aromatic N) is 2. The molecule has 0 bridgehead atoms. The Balaban J connectivity index is 1.87. The van der Waals surface area contributed by atoms with Gasteiger partial charge >= 0.3 is 0 Å². The fourth-order valence-corrected chi connectivity index (χ4v) is 3.13. The Kier molecular flexibility index (Phi) is 3.54. The van der Waals surface area contributed by atoms with Crippen molar-refractivity contribution in [3.05, 3.63) is 77.4 Å². The Labute approximate surface area is 139 Å². The summed E-state index contributed by atoms with van der Waals surface area (Å²) < 4.78 is 5.20. The van der Waals surface area contributed by atoms with E-state index >= 15 is 0 Å². The number of benzene rings is 1. The monoisotopic (exact) mass is 318 g/mol. The highest BCUT2D eigenvalue weighted by Crippen LogP contribution is 2.34. The van der Waals surface area contributed by atoms with Crippen LogP contribution < -0.4 is 5.32 Å². The van der Waals surface area contributed by atoms with E-state index < -0.39 is 0 Å². The smallest absolute Gasteiger partial charge is 0.170 e. The lowest BCUT2D eigenvalue weighted by molar-refractivity contribution is 0.399. The minimum absolute atomic E-state index is 0.0475. The van der Waals surface area contributed by atoms with Crippen LogP contribution in [0.3, 0.4) is 0 Å². The number of hydrogen-bond acceptors (Lipinski definition) is 4. The molecular weight excluding hydrogens is 300 g/mol. The maximum Gasteiger partial charge on any atom is 0.170 e. The molecule has 0 aliphatic heterocycles. The predicted octanol–water partition coefficient (Wildman–Crippen LogP) is 4.37. The van der Waals surface area contributed by atoms with Crippen molar-refractivity contribution in [3.8, 4) is 0 Å². The topological polar surface area (TPSA) is 66.7 Å². The average Bonchev–Trinajstić information content (AvgIpc) is 3.16. The van der Waals surface area contributed by atoms with Crippen LogP contribution in [0, 0.1) is 13.8 Å². The average molecular weight is 318 g/mol. The van der Waals surface area contributed by atoms with Gasteiger partial charge in [-0.1, -0.05) is 23.4 Å². The number of fused-ring (bicyclic) bond motifs is 1. The number of H-pyrrole nitrogens is 1. The molecule has 5 heteroatoms. The molecule has 0 aliphatic carbocycles. The number of para-hydroxylation sites is 1. The second-order valence-corrected chi connectivity index (χ2v) is 5.89. The van der Waals surface area contributed by atoms with E-state index in [0.29, 0.717) is 0 Å². The Morgan fingerprint density at radius 3 is 2.62 bits per heavy atom. The van der Waals surface area contributed by atoms with Crippen LogP contribution >= 0.6 is 0 Å². The molecule has 0 spiro atoms. The molecule has 0 aliphatic rings. The van der Waals surface area contributed by atoms with E-state index in [-0.39, 0.29) is 6.04 Å². The zero-order chi connectivity index (χ0) is 16.5. The number of aryl methyl sites for hydroxylation is 2. The van der Waals surface area contributed by atoms with Crippen molar-refractivity contribution in [1.82, 2.24) is 15.1 Å². The van der Waals surface area contributed by atoms with Gasteiger partial charge < -0.3 is 14.8 Å². The highest BCUT2D eigenvalue weighted by molar-refractivity contribution is 5.86. The van der Waals surface area contributed by atoms with Crippen LogP contribution in [0.2, 0.25) is 0 Å². The standard InChI is InChI=1S/C19H18N4O/c1-12-11-17(23-24-12)22-19(14-7-9-20-10-8-14)18-13(2)21-16-6-4-3-5-15(16)18/h3-11,19,21H,1-2H3,(H,22,23)/t19-/m1/s1. The molecule has 0 unspecified atom stereocenters. The number of aromatic amines is 1. The fraction of sp³-hybridized carbons (Fsp3) is 0.158. The van der Waals surface area contributed by atoms with Crippen molar-refractivity contribution in [2.75, 3.05) is 5.32 Å².